The van der Waals surface area contributed by atoms with Crippen LogP contribution in [0.2, 0.25) is 0 Å². The van der Waals surface area contributed by atoms with Gasteiger partial charge in [-0.15, -0.1) is 0 Å². The molecule has 0 aliphatic heterocycles. The van der Waals surface area contributed by atoms with Gasteiger partial charge in [-0.25, -0.2) is 4.79 Å². The molecular weight excluding hydrogens is 208 g/mol. The number of ether oxygens (including phenoxy) is 1. The van der Waals surface area contributed by atoms with Crippen molar-refractivity contribution >= 4 is 11.8 Å². The van der Waals surface area contributed by atoms with Crippen LogP contribution in [0.1, 0.15) is 5.76 Å². The van der Waals surface area contributed by atoms with E-state index in [0.717, 1.165) is 0 Å². The third-order valence-electron chi connectivity index (χ3n) is 1.93. The maximum absolute atomic E-state index is 11.4. The molecule has 16 heavy (non-hydrogen) atoms. The van der Waals surface area contributed by atoms with Crippen molar-refractivity contribution in [2.24, 2.45) is 0 Å². The molecule has 2 rings (SSSR count). The van der Waals surface area contributed by atoms with Crippen LogP contribution in [0, 0.1) is 6.92 Å². The van der Waals surface area contributed by atoms with Crippen LogP contribution in [0.4, 0.5) is 10.5 Å². The SMILES string of the molecule is Cc1oncc1OC(=O)Nc1ccccc1. The topological polar surface area (TPSA) is 64.4 Å². The summed E-state index contributed by atoms with van der Waals surface area (Å²) in [4.78, 5) is 11.4. The Kier molecular flexibility index (Phi) is 2.86. The van der Waals surface area contributed by atoms with Crippen LogP contribution in [0.3, 0.4) is 0 Å². The lowest BCUT2D eigenvalue weighted by atomic mass is 10.3. The fraction of sp³-hybridized carbons (Fsp3) is 0.0909. The fourth-order valence-electron chi connectivity index (χ4n) is 1.15. The number of hydrogen-bond acceptors (Lipinski definition) is 4. The zero-order valence-corrected chi connectivity index (χ0v) is 8.64. The summed E-state index contributed by atoms with van der Waals surface area (Å²) in [5, 5.41) is 6.08. The van der Waals surface area contributed by atoms with Gasteiger partial charge < -0.3 is 9.26 Å². The fourth-order valence-corrected chi connectivity index (χ4v) is 1.15. The third-order valence-corrected chi connectivity index (χ3v) is 1.93. The number of hydrogen-bond donors (Lipinski definition) is 1. The van der Waals surface area contributed by atoms with E-state index in [2.05, 4.69) is 10.5 Å². The maximum atomic E-state index is 11.4. The lowest BCUT2D eigenvalue weighted by Gasteiger charge is -2.04. The van der Waals surface area contributed by atoms with Crippen molar-refractivity contribution in [2.75, 3.05) is 5.32 Å². The number of nitrogens with zero attached hydrogens (tertiary/aromatic N) is 1. The highest BCUT2D eigenvalue weighted by molar-refractivity contribution is 5.86. The second-order valence-corrected chi connectivity index (χ2v) is 3.13. The number of amides is 1. The summed E-state index contributed by atoms with van der Waals surface area (Å²) in [5.41, 5.74) is 0.668. The van der Waals surface area contributed by atoms with Crippen LogP contribution in [-0.2, 0) is 0 Å². The lowest BCUT2D eigenvalue weighted by Crippen LogP contribution is -2.16. The van der Waals surface area contributed by atoms with Crippen LogP contribution in [-0.4, -0.2) is 11.2 Å². The molecule has 0 fully saturated rings. The van der Waals surface area contributed by atoms with Gasteiger partial charge in [-0.05, 0) is 12.1 Å². The number of para-hydroxylation sites is 1. The monoisotopic (exact) mass is 218 g/mol. The minimum atomic E-state index is -0.572. The van der Waals surface area contributed by atoms with Gasteiger partial charge in [0.15, 0.2) is 11.5 Å². The molecule has 0 aliphatic rings. The molecule has 0 radical (unpaired) electrons. The Labute approximate surface area is 92.0 Å². The third kappa shape index (κ3) is 2.38. The molecule has 0 bridgehead atoms. The molecule has 2 aromatic rings. The Morgan fingerprint density at radius 1 is 1.38 bits per heavy atom. The first-order valence-electron chi connectivity index (χ1n) is 4.71. The Morgan fingerprint density at radius 2 is 2.12 bits per heavy atom. The van der Waals surface area contributed by atoms with Crippen molar-refractivity contribution in [3.05, 3.63) is 42.3 Å². The van der Waals surface area contributed by atoms with Gasteiger partial charge in [-0.1, -0.05) is 23.4 Å². The highest BCUT2D eigenvalue weighted by atomic mass is 16.6. The summed E-state index contributed by atoms with van der Waals surface area (Å²) in [6.45, 7) is 1.66. The van der Waals surface area contributed by atoms with Crippen molar-refractivity contribution in [1.82, 2.24) is 5.16 Å². The van der Waals surface area contributed by atoms with E-state index in [9.17, 15) is 4.79 Å². The second kappa shape index (κ2) is 4.48. The highest BCUT2D eigenvalue weighted by Crippen LogP contribution is 2.16. The molecule has 1 heterocycles. The summed E-state index contributed by atoms with van der Waals surface area (Å²) in [6, 6.07) is 9.03. The molecule has 5 nitrogen and oxygen atoms in total. The van der Waals surface area contributed by atoms with Crippen molar-refractivity contribution in [1.29, 1.82) is 0 Å². The predicted molar refractivity (Wildman–Crippen MR) is 57.3 cm³/mol. The van der Waals surface area contributed by atoms with Gasteiger partial charge >= 0.3 is 6.09 Å². The molecule has 5 heteroatoms. The quantitative estimate of drug-likeness (QED) is 0.841. The van der Waals surface area contributed by atoms with E-state index < -0.39 is 6.09 Å². The van der Waals surface area contributed by atoms with Crippen molar-refractivity contribution in [2.45, 2.75) is 6.92 Å². The maximum Gasteiger partial charge on any atom is 0.417 e. The molecule has 1 N–H and O–H groups in total. The lowest BCUT2D eigenvalue weighted by molar-refractivity contribution is 0.214. The van der Waals surface area contributed by atoms with E-state index >= 15 is 0 Å². The van der Waals surface area contributed by atoms with E-state index in [1.165, 1.54) is 6.20 Å². The molecule has 0 spiro atoms. The summed E-state index contributed by atoms with van der Waals surface area (Å²) in [6.07, 6.45) is 0.775. The van der Waals surface area contributed by atoms with Crippen LogP contribution in [0.15, 0.2) is 41.1 Å². The first kappa shape index (κ1) is 10.2. The number of aryl methyl sites for hydroxylation is 1. The Morgan fingerprint density at radius 3 is 2.75 bits per heavy atom. The predicted octanol–water partition coefficient (Wildman–Crippen LogP) is 2.59. The van der Waals surface area contributed by atoms with E-state index in [0.29, 0.717) is 17.2 Å². The molecule has 0 saturated heterocycles. The first-order chi connectivity index (χ1) is 7.75. The molecule has 1 aromatic heterocycles. The number of nitrogens with one attached hydrogen (secondary N) is 1. The molecule has 0 unspecified atom stereocenters. The number of carbonyl (C=O) groups is 1. The van der Waals surface area contributed by atoms with Gasteiger partial charge in [0.25, 0.3) is 0 Å². The summed E-state index contributed by atoms with van der Waals surface area (Å²) in [7, 11) is 0. The van der Waals surface area contributed by atoms with Gasteiger partial charge in [0.1, 0.15) is 6.20 Å². The van der Waals surface area contributed by atoms with E-state index in [1.54, 1.807) is 19.1 Å². The molecular formula is C11H10N2O3. The van der Waals surface area contributed by atoms with Crippen LogP contribution in [0.25, 0.3) is 0 Å². The molecule has 1 aromatic carbocycles. The van der Waals surface area contributed by atoms with Gasteiger partial charge in [0.05, 0.1) is 0 Å². The minimum Gasteiger partial charge on any atom is -0.405 e. The number of anilines is 1. The molecule has 0 aliphatic carbocycles. The van der Waals surface area contributed by atoms with Crippen LogP contribution < -0.4 is 10.1 Å². The second-order valence-electron chi connectivity index (χ2n) is 3.13. The minimum absolute atomic E-state index is 0.313. The molecule has 0 saturated carbocycles. The number of rotatable bonds is 2. The zero-order valence-electron chi connectivity index (χ0n) is 8.64. The smallest absolute Gasteiger partial charge is 0.405 e. The normalized spacial score (nSPS) is 9.81. The number of carbonyl (C=O) groups excluding carboxylic acids is 1. The Hall–Kier alpha value is -2.30. The van der Waals surface area contributed by atoms with E-state index in [1.807, 2.05) is 18.2 Å². The largest absolute Gasteiger partial charge is 0.417 e. The first-order valence-corrected chi connectivity index (χ1v) is 4.71. The highest BCUT2D eigenvalue weighted by Gasteiger charge is 2.09. The average Bonchev–Trinajstić information content (AvgIpc) is 2.66. The van der Waals surface area contributed by atoms with Crippen molar-refractivity contribution < 1.29 is 14.1 Å². The van der Waals surface area contributed by atoms with Gasteiger partial charge in [-0.2, -0.15) is 0 Å². The standard InChI is InChI=1S/C11H10N2O3/c1-8-10(7-12-16-8)15-11(14)13-9-5-3-2-4-6-9/h2-7H,1H3,(H,13,14). The van der Waals surface area contributed by atoms with Gasteiger partial charge in [0, 0.05) is 12.6 Å². The van der Waals surface area contributed by atoms with Gasteiger partial charge in [-0.3, -0.25) is 5.32 Å². The Balaban J connectivity index is 1.98. The van der Waals surface area contributed by atoms with Gasteiger partial charge in [0.2, 0.25) is 0 Å². The summed E-state index contributed by atoms with van der Waals surface area (Å²) in [5.74, 6) is 0.775. The summed E-state index contributed by atoms with van der Waals surface area (Å²) >= 11 is 0. The molecule has 0 atom stereocenters. The van der Waals surface area contributed by atoms with Crippen molar-refractivity contribution in [3.8, 4) is 5.75 Å². The zero-order chi connectivity index (χ0) is 11.4. The molecule has 1 amide bonds. The number of benzene rings is 1. The number of aromatic nitrogens is 1. The van der Waals surface area contributed by atoms with Crippen LogP contribution >= 0.6 is 0 Å². The van der Waals surface area contributed by atoms with Crippen LogP contribution in [0.5, 0.6) is 5.75 Å². The van der Waals surface area contributed by atoms with E-state index in [-0.39, 0.29) is 0 Å². The van der Waals surface area contributed by atoms with Crippen molar-refractivity contribution in [3.63, 3.8) is 0 Å². The summed E-state index contributed by atoms with van der Waals surface area (Å²) < 4.78 is 9.74. The average molecular weight is 218 g/mol. The Bertz CT molecular complexity index is 479. The van der Waals surface area contributed by atoms with E-state index in [4.69, 9.17) is 9.26 Å². The molecule has 82 valence electrons.